The van der Waals surface area contributed by atoms with E-state index in [9.17, 15) is 13.2 Å². The first-order valence-corrected chi connectivity index (χ1v) is 12.5. The number of hydrogen-bond acceptors (Lipinski definition) is 2. The summed E-state index contributed by atoms with van der Waals surface area (Å²) in [6.45, 7) is 11.4. The van der Waals surface area contributed by atoms with Crippen LogP contribution in [0.1, 0.15) is 50.3 Å². The van der Waals surface area contributed by atoms with Crippen LogP contribution in [0, 0.1) is 0 Å². The number of nitrogens with zero attached hydrogens (tertiary/aromatic N) is 1. The minimum absolute atomic E-state index is 0.0301. The lowest BCUT2D eigenvalue weighted by Gasteiger charge is -2.41. The van der Waals surface area contributed by atoms with E-state index in [1.165, 1.54) is 12.1 Å². The summed E-state index contributed by atoms with van der Waals surface area (Å²) in [4.78, 5) is 2.19. The minimum atomic E-state index is -4.33. The Bertz CT molecular complexity index is 597. The average Bonchev–Trinajstić information content (AvgIpc) is 2.60. The van der Waals surface area contributed by atoms with Crippen molar-refractivity contribution in [2.24, 2.45) is 0 Å². The Morgan fingerprint density at radius 3 is 2.44 bits per heavy atom. The molecule has 0 amide bonds. The molecule has 0 radical (unpaired) electrons. The SMILES string of the molecule is C=C[SiH](C)CCCCC(c1ccccc1C(F)(F)F)N1CC(C)OC(C)C1. The molecule has 4 atom stereocenters. The molecule has 0 bridgehead atoms. The van der Waals surface area contributed by atoms with Crippen molar-refractivity contribution < 1.29 is 17.9 Å². The predicted octanol–water partition coefficient (Wildman–Crippen LogP) is 5.61. The number of unbranched alkanes of at least 4 members (excludes halogenated alkanes) is 1. The normalized spacial score (nSPS) is 23.8. The van der Waals surface area contributed by atoms with Crippen LogP contribution in [0.3, 0.4) is 0 Å². The molecule has 2 nitrogen and oxygen atoms in total. The second-order valence-corrected chi connectivity index (χ2v) is 10.8. The molecule has 1 aromatic rings. The van der Waals surface area contributed by atoms with Gasteiger partial charge < -0.3 is 4.74 Å². The molecule has 1 saturated heterocycles. The maximum Gasteiger partial charge on any atom is 0.416 e. The maximum atomic E-state index is 13.6. The smallest absolute Gasteiger partial charge is 0.373 e. The summed E-state index contributed by atoms with van der Waals surface area (Å²) in [5.41, 5.74) is 1.97. The molecule has 1 aliphatic heterocycles. The first-order chi connectivity index (χ1) is 12.7. The van der Waals surface area contributed by atoms with Crippen LogP contribution in [-0.4, -0.2) is 39.0 Å². The highest BCUT2D eigenvalue weighted by molar-refractivity contribution is 6.62. The molecule has 0 spiro atoms. The molecule has 2 rings (SSSR count). The molecule has 27 heavy (non-hydrogen) atoms. The van der Waals surface area contributed by atoms with Gasteiger partial charge in [-0.2, -0.15) is 13.2 Å². The van der Waals surface area contributed by atoms with Crippen molar-refractivity contribution in [3.05, 3.63) is 47.7 Å². The van der Waals surface area contributed by atoms with Crippen molar-refractivity contribution in [2.75, 3.05) is 13.1 Å². The number of ether oxygens (including phenoxy) is 1. The van der Waals surface area contributed by atoms with Crippen LogP contribution in [-0.2, 0) is 10.9 Å². The summed E-state index contributed by atoms with van der Waals surface area (Å²) in [7, 11) is -0.859. The van der Waals surface area contributed by atoms with Gasteiger partial charge in [-0.25, -0.2) is 0 Å². The van der Waals surface area contributed by atoms with Crippen LogP contribution >= 0.6 is 0 Å². The first-order valence-electron chi connectivity index (χ1n) is 9.90. The van der Waals surface area contributed by atoms with Gasteiger partial charge in [0, 0.05) is 19.1 Å². The van der Waals surface area contributed by atoms with E-state index in [0.717, 1.165) is 25.3 Å². The largest absolute Gasteiger partial charge is 0.416 e. The Hall–Kier alpha value is -1.11. The fraction of sp³-hybridized carbons (Fsp3) is 0.619. The molecule has 152 valence electrons. The van der Waals surface area contributed by atoms with Crippen molar-refractivity contribution in [1.29, 1.82) is 0 Å². The number of halogens is 3. The van der Waals surface area contributed by atoms with E-state index >= 15 is 0 Å². The number of alkyl halides is 3. The summed E-state index contributed by atoms with van der Waals surface area (Å²) in [6, 6.07) is 7.00. The standard InChI is InChI=1S/C21H32F3NOSi/c1-5-27(4)13-9-8-12-20(25-14-16(2)26-17(3)15-25)18-10-6-7-11-19(18)21(22,23)24/h5-7,10-11,16-17,20,27H,1,8-9,12-15H2,2-4H3. The second-order valence-electron chi connectivity index (χ2n) is 7.81. The van der Waals surface area contributed by atoms with E-state index in [4.69, 9.17) is 4.74 Å². The average molecular weight is 400 g/mol. The topological polar surface area (TPSA) is 12.5 Å². The lowest BCUT2D eigenvalue weighted by molar-refractivity contribution is -0.139. The van der Waals surface area contributed by atoms with Gasteiger partial charge in [-0.05, 0) is 31.9 Å². The molecule has 1 fully saturated rings. The predicted molar refractivity (Wildman–Crippen MR) is 108 cm³/mol. The highest BCUT2D eigenvalue weighted by Gasteiger charge is 2.37. The van der Waals surface area contributed by atoms with Crippen molar-refractivity contribution in [3.8, 4) is 0 Å². The summed E-state index contributed by atoms with van der Waals surface area (Å²) < 4.78 is 46.7. The monoisotopic (exact) mass is 399 g/mol. The van der Waals surface area contributed by atoms with Crippen LogP contribution in [0.5, 0.6) is 0 Å². The summed E-state index contributed by atoms with van der Waals surface area (Å²) in [5.74, 6) is 0. The number of hydrogen-bond donors (Lipinski definition) is 0. The van der Waals surface area contributed by atoms with E-state index in [0.29, 0.717) is 18.7 Å². The second kappa shape index (κ2) is 9.89. The number of benzene rings is 1. The zero-order chi connectivity index (χ0) is 20.0. The van der Waals surface area contributed by atoms with Crippen LogP contribution in [0.4, 0.5) is 13.2 Å². The van der Waals surface area contributed by atoms with Crippen LogP contribution in [0.2, 0.25) is 12.6 Å². The Morgan fingerprint density at radius 1 is 1.22 bits per heavy atom. The Labute approximate surface area is 163 Å². The molecular formula is C21H32F3NOSi. The summed E-state index contributed by atoms with van der Waals surface area (Å²) >= 11 is 0. The van der Waals surface area contributed by atoms with Crippen LogP contribution < -0.4 is 0 Å². The zero-order valence-electron chi connectivity index (χ0n) is 16.6. The quantitative estimate of drug-likeness (QED) is 0.416. The van der Waals surface area contributed by atoms with Gasteiger partial charge in [-0.15, -0.1) is 12.3 Å². The highest BCUT2D eigenvalue weighted by Crippen LogP contribution is 2.39. The Balaban J connectivity index is 2.23. The van der Waals surface area contributed by atoms with Gasteiger partial charge in [0.05, 0.1) is 26.6 Å². The van der Waals surface area contributed by atoms with Gasteiger partial charge in [-0.1, -0.05) is 43.6 Å². The molecule has 4 unspecified atom stereocenters. The summed E-state index contributed by atoms with van der Waals surface area (Å²) in [6.07, 6.45) is -1.54. The van der Waals surface area contributed by atoms with Gasteiger partial charge in [0.25, 0.3) is 0 Å². The van der Waals surface area contributed by atoms with Crippen LogP contribution in [0.15, 0.2) is 36.5 Å². The van der Waals surface area contributed by atoms with Crippen molar-refractivity contribution in [2.45, 2.75) is 70.1 Å². The van der Waals surface area contributed by atoms with Gasteiger partial charge in [0.15, 0.2) is 0 Å². The molecule has 6 heteroatoms. The Kier molecular flexibility index (Phi) is 8.13. The lowest BCUT2D eigenvalue weighted by atomic mass is 9.93. The highest BCUT2D eigenvalue weighted by atomic mass is 28.3. The first kappa shape index (κ1) is 22.2. The van der Waals surface area contributed by atoms with Gasteiger partial charge in [-0.3, -0.25) is 4.90 Å². The third kappa shape index (κ3) is 6.47. The number of morpholine rings is 1. The molecule has 1 aliphatic rings. The van der Waals surface area contributed by atoms with Crippen molar-refractivity contribution in [3.63, 3.8) is 0 Å². The fourth-order valence-corrected chi connectivity index (χ4v) is 5.14. The molecule has 0 aromatic heterocycles. The van der Waals surface area contributed by atoms with E-state index in [-0.39, 0.29) is 18.2 Å². The van der Waals surface area contributed by atoms with Gasteiger partial charge >= 0.3 is 6.18 Å². The molecular weight excluding hydrogens is 367 g/mol. The van der Waals surface area contributed by atoms with E-state index < -0.39 is 20.5 Å². The fourth-order valence-electron chi connectivity index (χ4n) is 3.97. The van der Waals surface area contributed by atoms with E-state index in [2.05, 4.69) is 23.7 Å². The van der Waals surface area contributed by atoms with Crippen LogP contribution in [0.25, 0.3) is 0 Å². The molecule has 1 heterocycles. The van der Waals surface area contributed by atoms with Gasteiger partial charge in [0.1, 0.15) is 0 Å². The molecule has 0 saturated carbocycles. The molecule has 0 aliphatic carbocycles. The van der Waals surface area contributed by atoms with E-state index in [1.54, 1.807) is 12.1 Å². The Morgan fingerprint density at radius 2 is 1.85 bits per heavy atom. The minimum Gasteiger partial charge on any atom is -0.373 e. The molecule has 1 aromatic carbocycles. The number of rotatable bonds is 8. The third-order valence-corrected chi connectivity index (χ3v) is 7.43. The zero-order valence-corrected chi connectivity index (χ0v) is 17.8. The lowest BCUT2D eigenvalue weighted by Crippen LogP contribution is -2.47. The summed E-state index contributed by atoms with van der Waals surface area (Å²) in [5, 5.41) is 0. The van der Waals surface area contributed by atoms with Gasteiger partial charge in [0.2, 0.25) is 0 Å². The molecule has 0 N–H and O–H groups in total. The van der Waals surface area contributed by atoms with Crippen molar-refractivity contribution >= 4 is 8.80 Å². The maximum absolute atomic E-state index is 13.6. The van der Waals surface area contributed by atoms with Crippen molar-refractivity contribution in [1.82, 2.24) is 4.90 Å². The third-order valence-electron chi connectivity index (χ3n) is 5.30. The van der Waals surface area contributed by atoms with E-state index in [1.807, 2.05) is 13.8 Å².